The number of hydrogen-bond donors (Lipinski definition) is 1. The lowest BCUT2D eigenvalue weighted by atomic mass is 10.1. The van der Waals surface area contributed by atoms with Gasteiger partial charge < -0.3 is 15.0 Å². The number of alkyl halides is 2. The third kappa shape index (κ3) is 6.31. The molecular weight excluding hydrogens is 345 g/mol. The van der Waals surface area contributed by atoms with E-state index in [1.807, 2.05) is 6.92 Å². The fourth-order valence-corrected chi connectivity index (χ4v) is 2.45. The van der Waals surface area contributed by atoms with Gasteiger partial charge in [0.1, 0.15) is 11.6 Å². The molecule has 0 spiro atoms. The number of nitrogens with one attached hydrogen (secondary N) is 1. The van der Waals surface area contributed by atoms with E-state index in [1.54, 1.807) is 29.2 Å². The highest BCUT2D eigenvalue weighted by atomic mass is 19.3. The van der Waals surface area contributed by atoms with Crippen molar-refractivity contribution in [3.05, 3.63) is 65.5 Å². The number of rotatable bonds is 8. The first-order valence-electron chi connectivity index (χ1n) is 8.29. The van der Waals surface area contributed by atoms with E-state index in [-0.39, 0.29) is 17.6 Å². The summed E-state index contributed by atoms with van der Waals surface area (Å²) in [4.78, 5) is 13.8. The Bertz CT molecular complexity index is 708. The van der Waals surface area contributed by atoms with Gasteiger partial charge in [-0.25, -0.2) is 9.18 Å². The third-order valence-electron chi connectivity index (χ3n) is 3.77. The smallest absolute Gasteiger partial charge is 0.387 e. The molecule has 4 nitrogen and oxygen atoms in total. The second-order valence-corrected chi connectivity index (χ2v) is 5.65. The lowest BCUT2D eigenvalue weighted by Gasteiger charge is -2.21. The number of hydrogen-bond acceptors (Lipinski definition) is 2. The van der Waals surface area contributed by atoms with E-state index in [2.05, 4.69) is 10.1 Å². The van der Waals surface area contributed by atoms with E-state index in [9.17, 15) is 18.0 Å². The monoisotopic (exact) mass is 366 g/mol. The fourth-order valence-electron chi connectivity index (χ4n) is 2.45. The molecular formula is C19H21F3N2O2. The fraction of sp³-hybridized carbons (Fsp3) is 0.316. The molecule has 0 aliphatic carbocycles. The van der Waals surface area contributed by atoms with E-state index < -0.39 is 6.61 Å². The molecule has 0 aromatic heterocycles. The minimum atomic E-state index is -2.85. The molecule has 0 heterocycles. The van der Waals surface area contributed by atoms with E-state index in [4.69, 9.17) is 0 Å². The molecule has 0 fully saturated rings. The minimum Gasteiger partial charge on any atom is -0.435 e. The third-order valence-corrected chi connectivity index (χ3v) is 3.77. The molecule has 2 amide bonds. The van der Waals surface area contributed by atoms with Gasteiger partial charge in [0.2, 0.25) is 0 Å². The van der Waals surface area contributed by atoms with Crippen LogP contribution < -0.4 is 10.1 Å². The van der Waals surface area contributed by atoms with Gasteiger partial charge in [-0.15, -0.1) is 0 Å². The van der Waals surface area contributed by atoms with Crippen LogP contribution in [0.2, 0.25) is 0 Å². The van der Waals surface area contributed by atoms with Gasteiger partial charge in [0.05, 0.1) is 0 Å². The highest BCUT2D eigenvalue weighted by Gasteiger charge is 2.12. The number of amides is 2. The molecule has 0 atom stereocenters. The van der Waals surface area contributed by atoms with Crippen LogP contribution >= 0.6 is 0 Å². The molecule has 0 saturated carbocycles. The first-order chi connectivity index (χ1) is 12.5. The quantitative estimate of drug-likeness (QED) is 0.761. The van der Waals surface area contributed by atoms with Crippen molar-refractivity contribution in [3.8, 4) is 5.75 Å². The van der Waals surface area contributed by atoms with Crippen LogP contribution in [-0.2, 0) is 13.0 Å². The maximum absolute atomic E-state index is 13.2. The van der Waals surface area contributed by atoms with Crippen LogP contribution in [0, 0.1) is 5.82 Å². The van der Waals surface area contributed by atoms with Crippen LogP contribution in [0.15, 0.2) is 48.5 Å². The average molecular weight is 366 g/mol. The Hall–Kier alpha value is -2.70. The molecule has 0 aliphatic heterocycles. The van der Waals surface area contributed by atoms with E-state index in [0.29, 0.717) is 26.1 Å². The van der Waals surface area contributed by atoms with Crippen LogP contribution in [0.3, 0.4) is 0 Å². The Morgan fingerprint density at radius 3 is 2.50 bits per heavy atom. The van der Waals surface area contributed by atoms with Gasteiger partial charge in [-0.1, -0.05) is 24.3 Å². The highest BCUT2D eigenvalue weighted by molar-refractivity contribution is 5.74. The van der Waals surface area contributed by atoms with Gasteiger partial charge in [-0.05, 0) is 48.7 Å². The highest BCUT2D eigenvalue weighted by Crippen LogP contribution is 2.15. The number of carbonyl (C=O) groups excluding carboxylic acids is 1. The molecule has 2 aromatic rings. The summed E-state index contributed by atoms with van der Waals surface area (Å²) >= 11 is 0. The van der Waals surface area contributed by atoms with E-state index in [0.717, 1.165) is 11.1 Å². The van der Waals surface area contributed by atoms with Crippen molar-refractivity contribution in [2.75, 3.05) is 13.1 Å². The largest absolute Gasteiger partial charge is 0.435 e. The van der Waals surface area contributed by atoms with E-state index >= 15 is 0 Å². The van der Waals surface area contributed by atoms with Gasteiger partial charge >= 0.3 is 12.6 Å². The molecule has 1 N–H and O–H groups in total. The molecule has 2 aromatic carbocycles. The molecule has 140 valence electrons. The Kier molecular flexibility index (Phi) is 7.32. The van der Waals surface area contributed by atoms with Crippen molar-refractivity contribution in [1.82, 2.24) is 10.2 Å². The van der Waals surface area contributed by atoms with Gasteiger partial charge in [0.25, 0.3) is 0 Å². The Balaban J connectivity index is 1.81. The zero-order valence-corrected chi connectivity index (χ0v) is 14.4. The maximum atomic E-state index is 13.2. The van der Waals surface area contributed by atoms with Crippen LogP contribution in [0.5, 0.6) is 5.75 Å². The summed E-state index contributed by atoms with van der Waals surface area (Å²) in [5, 5.41) is 2.81. The molecule has 0 aliphatic rings. The average Bonchev–Trinajstić information content (AvgIpc) is 2.60. The topological polar surface area (TPSA) is 41.6 Å². The van der Waals surface area contributed by atoms with Crippen LogP contribution in [-0.4, -0.2) is 30.6 Å². The van der Waals surface area contributed by atoms with Gasteiger partial charge in [-0.2, -0.15) is 8.78 Å². The van der Waals surface area contributed by atoms with Crippen molar-refractivity contribution >= 4 is 6.03 Å². The molecule has 26 heavy (non-hydrogen) atoms. The van der Waals surface area contributed by atoms with Crippen molar-refractivity contribution in [3.63, 3.8) is 0 Å². The SMILES string of the molecule is CCN(Cc1cccc(F)c1)C(=O)NCCc1ccc(OC(F)F)cc1. The van der Waals surface area contributed by atoms with E-state index in [1.165, 1.54) is 24.3 Å². The number of carbonyl (C=O) groups is 1. The summed E-state index contributed by atoms with van der Waals surface area (Å²) in [5.41, 5.74) is 1.61. The number of urea groups is 1. The molecule has 0 saturated heterocycles. The summed E-state index contributed by atoms with van der Waals surface area (Å²) < 4.78 is 41.7. The lowest BCUT2D eigenvalue weighted by Crippen LogP contribution is -2.40. The Morgan fingerprint density at radius 1 is 1.15 bits per heavy atom. The van der Waals surface area contributed by atoms with Crippen molar-refractivity contribution in [2.24, 2.45) is 0 Å². The second-order valence-electron chi connectivity index (χ2n) is 5.65. The zero-order valence-electron chi connectivity index (χ0n) is 14.4. The minimum absolute atomic E-state index is 0.0973. The number of nitrogens with zero attached hydrogens (tertiary/aromatic N) is 1. The van der Waals surface area contributed by atoms with Crippen LogP contribution in [0.4, 0.5) is 18.0 Å². The maximum Gasteiger partial charge on any atom is 0.387 e. The Morgan fingerprint density at radius 2 is 1.88 bits per heavy atom. The zero-order chi connectivity index (χ0) is 18.9. The lowest BCUT2D eigenvalue weighted by molar-refractivity contribution is -0.0498. The predicted molar refractivity (Wildman–Crippen MR) is 92.7 cm³/mol. The molecule has 0 bridgehead atoms. The summed E-state index contributed by atoms with van der Waals surface area (Å²) in [6.45, 7) is 0.203. The number of benzene rings is 2. The van der Waals surface area contributed by atoms with Crippen LogP contribution in [0.25, 0.3) is 0 Å². The van der Waals surface area contributed by atoms with Gasteiger partial charge in [-0.3, -0.25) is 0 Å². The number of ether oxygens (including phenoxy) is 1. The van der Waals surface area contributed by atoms with Crippen molar-refractivity contribution in [1.29, 1.82) is 0 Å². The molecule has 0 radical (unpaired) electrons. The van der Waals surface area contributed by atoms with Crippen molar-refractivity contribution in [2.45, 2.75) is 26.5 Å². The molecule has 2 rings (SSSR count). The summed E-state index contributed by atoms with van der Waals surface area (Å²) in [6.07, 6.45) is 0.554. The Labute approximate surface area is 150 Å². The first-order valence-corrected chi connectivity index (χ1v) is 8.29. The first kappa shape index (κ1) is 19.6. The van der Waals surface area contributed by atoms with Gasteiger partial charge in [0.15, 0.2) is 0 Å². The predicted octanol–water partition coefficient (Wildman–Crippen LogP) is 4.20. The summed E-state index contributed by atoms with van der Waals surface area (Å²) in [6, 6.07) is 12.2. The molecule has 0 unspecified atom stereocenters. The van der Waals surface area contributed by atoms with Gasteiger partial charge in [0, 0.05) is 19.6 Å². The summed E-state index contributed by atoms with van der Waals surface area (Å²) in [5.74, 6) is -0.238. The molecule has 7 heteroatoms. The van der Waals surface area contributed by atoms with Crippen molar-refractivity contribution < 1.29 is 22.7 Å². The normalized spacial score (nSPS) is 10.7. The van der Waals surface area contributed by atoms with Crippen LogP contribution in [0.1, 0.15) is 18.1 Å². The standard InChI is InChI=1S/C19H21F3N2O2/c1-2-24(13-15-4-3-5-16(20)12-15)19(25)23-11-10-14-6-8-17(9-7-14)26-18(21)22/h3-9,12,18H,2,10-11,13H2,1H3,(H,23,25). The number of halogens is 3. The summed E-state index contributed by atoms with van der Waals surface area (Å²) in [7, 11) is 0. The second kappa shape index (κ2) is 9.70.